The fourth-order valence-corrected chi connectivity index (χ4v) is 5.04. The fraction of sp³-hybridized carbons (Fsp3) is 0.429. The summed E-state index contributed by atoms with van der Waals surface area (Å²) in [6.07, 6.45) is 1.12. The van der Waals surface area contributed by atoms with Crippen LogP contribution >= 0.6 is 11.9 Å². The lowest BCUT2D eigenvalue weighted by molar-refractivity contribution is 0.246. The Balaban J connectivity index is 1.22. The molecule has 5 nitrogen and oxygen atoms in total. The van der Waals surface area contributed by atoms with Gasteiger partial charge < -0.3 is 4.90 Å². The second kappa shape index (κ2) is 8.87. The number of piperazine rings is 1. The minimum Gasteiger partial charge on any atom is -0.369 e. The van der Waals surface area contributed by atoms with Gasteiger partial charge in [-0.2, -0.15) is 4.91 Å². The molecule has 0 saturated carbocycles. The van der Waals surface area contributed by atoms with E-state index in [0.29, 0.717) is 6.54 Å². The zero-order chi connectivity index (χ0) is 18.5. The van der Waals surface area contributed by atoms with Gasteiger partial charge in [-0.05, 0) is 48.7 Å². The predicted molar refractivity (Wildman–Crippen MR) is 112 cm³/mol. The van der Waals surface area contributed by atoms with Crippen LogP contribution in [0.5, 0.6) is 0 Å². The van der Waals surface area contributed by atoms with Gasteiger partial charge in [-0.25, -0.2) is 4.31 Å². The average molecular weight is 383 g/mol. The number of para-hydroxylation sites is 1. The first kappa shape index (κ1) is 18.5. The molecule has 27 heavy (non-hydrogen) atoms. The molecule has 0 radical (unpaired) electrons. The van der Waals surface area contributed by atoms with E-state index >= 15 is 0 Å². The zero-order valence-corrected chi connectivity index (χ0v) is 16.4. The number of benzene rings is 2. The lowest BCUT2D eigenvalue weighted by Crippen LogP contribution is -2.47. The third-order valence-electron chi connectivity index (χ3n) is 5.38. The Kier molecular flexibility index (Phi) is 6.07. The first-order chi connectivity index (χ1) is 13.3. The van der Waals surface area contributed by atoms with Gasteiger partial charge in [0, 0.05) is 49.9 Å². The summed E-state index contributed by atoms with van der Waals surface area (Å²) in [7, 11) is 0. The highest BCUT2D eigenvalue weighted by Crippen LogP contribution is 2.38. The number of hydrogen-bond acceptors (Lipinski definition) is 6. The molecule has 0 aromatic heterocycles. The fourth-order valence-electron chi connectivity index (χ4n) is 3.87. The van der Waals surface area contributed by atoms with Crippen molar-refractivity contribution >= 4 is 17.6 Å². The minimum atomic E-state index is -0.239. The molecule has 2 heterocycles. The van der Waals surface area contributed by atoms with Crippen LogP contribution in [-0.4, -0.2) is 55.0 Å². The van der Waals surface area contributed by atoms with E-state index in [1.807, 2.05) is 18.2 Å². The van der Waals surface area contributed by atoms with Crippen LogP contribution in [0.4, 0.5) is 5.69 Å². The van der Waals surface area contributed by atoms with E-state index in [4.69, 9.17) is 0 Å². The van der Waals surface area contributed by atoms with Crippen molar-refractivity contribution in [1.82, 2.24) is 9.21 Å². The van der Waals surface area contributed by atoms with Gasteiger partial charge in [-0.15, -0.1) is 0 Å². The maximum absolute atomic E-state index is 11.2. The van der Waals surface area contributed by atoms with Crippen LogP contribution < -0.4 is 4.90 Å². The number of hydrogen-bond donors (Lipinski definition) is 0. The molecule has 0 amide bonds. The summed E-state index contributed by atoms with van der Waals surface area (Å²) in [4.78, 5) is 17.4. The molecule has 6 heteroatoms. The third kappa shape index (κ3) is 4.51. The van der Waals surface area contributed by atoms with Crippen molar-refractivity contribution in [2.45, 2.75) is 17.4 Å². The van der Waals surface area contributed by atoms with Crippen LogP contribution in [0.2, 0.25) is 0 Å². The van der Waals surface area contributed by atoms with E-state index in [1.165, 1.54) is 10.6 Å². The molecule has 1 atom stereocenters. The molecule has 142 valence electrons. The molecule has 0 spiro atoms. The highest BCUT2D eigenvalue weighted by molar-refractivity contribution is 7.97. The lowest BCUT2D eigenvalue weighted by atomic mass is 10.1. The Labute approximate surface area is 165 Å². The first-order valence-electron chi connectivity index (χ1n) is 9.70. The van der Waals surface area contributed by atoms with Crippen molar-refractivity contribution in [1.29, 1.82) is 0 Å². The van der Waals surface area contributed by atoms with Crippen molar-refractivity contribution in [3.8, 4) is 0 Å². The van der Waals surface area contributed by atoms with Gasteiger partial charge in [-0.1, -0.05) is 41.6 Å². The molecular weight excluding hydrogens is 356 g/mol. The highest BCUT2D eigenvalue weighted by atomic mass is 32.2. The number of nitroso groups, excluding NO2 is 1. The van der Waals surface area contributed by atoms with E-state index < -0.39 is 0 Å². The van der Waals surface area contributed by atoms with Gasteiger partial charge in [-0.3, -0.25) is 4.90 Å². The molecule has 1 unspecified atom stereocenters. The van der Waals surface area contributed by atoms with Crippen molar-refractivity contribution in [2.24, 2.45) is 5.18 Å². The smallest absolute Gasteiger partial charge is 0.132 e. The molecule has 2 aromatic rings. The molecule has 2 aliphatic heterocycles. The van der Waals surface area contributed by atoms with Crippen molar-refractivity contribution in [3.63, 3.8) is 0 Å². The van der Waals surface area contributed by atoms with Gasteiger partial charge in [0.2, 0.25) is 0 Å². The second-order valence-corrected chi connectivity index (χ2v) is 8.29. The van der Waals surface area contributed by atoms with Gasteiger partial charge in [0.05, 0.1) is 0 Å². The molecule has 1 fully saturated rings. The number of anilines is 1. The Bertz CT molecular complexity index is 749. The van der Waals surface area contributed by atoms with E-state index in [2.05, 4.69) is 55.7 Å². The van der Waals surface area contributed by atoms with E-state index in [0.717, 1.165) is 51.3 Å². The standard InChI is InChI=1S/C21H26N4OS/c26-22-20-17-25(27-21-10-5-4-9-19(20)21)12-6-11-23-13-15-24(16-14-23)18-7-2-1-3-8-18/h1-5,7-10,20H,6,11-17H2. The quantitative estimate of drug-likeness (QED) is 0.557. The van der Waals surface area contributed by atoms with Crippen LogP contribution in [-0.2, 0) is 0 Å². The summed E-state index contributed by atoms with van der Waals surface area (Å²) in [6, 6.07) is 18.6. The van der Waals surface area contributed by atoms with Gasteiger partial charge in [0.15, 0.2) is 0 Å². The summed E-state index contributed by atoms with van der Waals surface area (Å²) in [5.41, 5.74) is 2.40. The Morgan fingerprint density at radius 2 is 1.67 bits per heavy atom. The number of rotatable bonds is 6. The number of nitrogens with zero attached hydrogens (tertiary/aromatic N) is 4. The summed E-state index contributed by atoms with van der Waals surface area (Å²) in [5, 5.41) is 3.35. The van der Waals surface area contributed by atoms with E-state index in [-0.39, 0.29) is 6.04 Å². The van der Waals surface area contributed by atoms with Crippen LogP contribution in [0.25, 0.3) is 0 Å². The molecule has 0 bridgehead atoms. The van der Waals surface area contributed by atoms with Crippen LogP contribution in [0, 0.1) is 4.91 Å². The minimum absolute atomic E-state index is 0.239. The molecule has 2 aliphatic rings. The monoisotopic (exact) mass is 382 g/mol. The topological polar surface area (TPSA) is 39.2 Å². The summed E-state index contributed by atoms with van der Waals surface area (Å²) in [5.74, 6) is 0. The van der Waals surface area contributed by atoms with E-state index in [9.17, 15) is 4.91 Å². The molecule has 2 aromatic carbocycles. The number of fused-ring (bicyclic) bond motifs is 1. The summed E-state index contributed by atoms with van der Waals surface area (Å²) in [6.45, 7) is 7.23. The molecular formula is C21H26N4OS. The second-order valence-electron chi connectivity index (χ2n) is 7.16. The van der Waals surface area contributed by atoms with Crippen LogP contribution in [0.15, 0.2) is 64.7 Å². The average Bonchev–Trinajstić information content (AvgIpc) is 2.74. The van der Waals surface area contributed by atoms with Gasteiger partial charge in [0.25, 0.3) is 0 Å². The van der Waals surface area contributed by atoms with Gasteiger partial charge in [0.1, 0.15) is 6.04 Å². The molecule has 1 saturated heterocycles. The lowest BCUT2D eigenvalue weighted by Gasteiger charge is -2.36. The van der Waals surface area contributed by atoms with Crippen LogP contribution in [0.1, 0.15) is 18.0 Å². The summed E-state index contributed by atoms with van der Waals surface area (Å²) >= 11 is 1.77. The van der Waals surface area contributed by atoms with Crippen molar-refractivity contribution in [3.05, 3.63) is 65.1 Å². The van der Waals surface area contributed by atoms with Gasteiger partial charge >= 0.3 is 0 Å². The normalized spacial score (nSPS) is 21.0. The Hall–Kier alpha value is -1.89. The highest BCUT2D eigenvalue weighted by Gasteiger charge is 2.26. The maximum atomic E-state index is 11.2. The van der Waals surface area contributed by atoms with Crippen molar-refractivity contribution in [2.75, 3.05) is 50.7 Å². The predicted octanol–water partition coefficient (Wildman–Crippen LogP) is 4.03. The Morgan fingerprint density at radius 1 is 0.926 bits per heavy atom. The molecule has 4 rings (SSSR count). The van der Waals surface area contributed by atoms with Crippen molar-refractivity contribution < 1.29 is 0 Å². The zero-order valence-electron chi connectivity index (χ0n) is 15.5. The first-order valence-corrected chi connectivity index (χ1v) is 10.5. The Morgan fingerprint density at radius 3 is 2.44 bits per heavy atom. The van der Waals surface area contributed by atoms with E-state index in [1.54, 1.807) is 11.9 Å². The largest absolute Gasteiger partial charge is 0.369 e. The molecule has 0 N–H and O–H groups in total. The SMILES string of the molecule is O=NC1CN(CCCN2CCN(c3ccccc3)CC2)Sc2ccccc21. The molecule has 0 aliphatic carbocycles. The third-order valence-corrected chi connectivity index (χ3v) is 6.54. The maximum Gasteiger partial charge on any atom is 0.132 e. The summed E-state index contributed by atoms with van der Waals surface area (Å²) < 4.78 is 2.30. The van der Waals surface area contributed by atoms with Crippen LogP contribution in [0.3, 0.4) is 0 Å².